The lowest BCUT2D eigenvalue weighted by molar-refractivity contribution is 0.286. The number of ether oxygens (including phenoxy) is 2. The van der Waals surface area contributed by atoms with E-state index in [0.29, 0.717) is 28.7 Å². The number of methoxy groups -OCH3 is 1. The summed E-state index contributed by atoms with van der Waals surface area (Å²) in [6.07, 6.45) is 0. The van der Waals surface area contributed by atoms with Crippen LogP contribution in [0, 0.1) is 0 Å². The molecule has 1 aromatic heterocycles. The van der Waals surface area contributed by atoms with Gasteiger partial charge < -0.3 is 19.6 Å². The summed E-state index contributed by atoms with van der Waals surface area (Å²) in [7, 11) is 1.54. The van der Waals surface area contributed by atoms with Crippen molar-refractivity contribution in [3.63, 3.8) is 0 Å². The normalized spacial score (nSPS) is 10.9. The predicted molar refractivity (Wildman–Crippen MR) is 104 cm³/mol. The minimum absolute atomic E-state index is 0.0172. The minimum Gasteiger partial charge on any atom is -0.493 e. The summed E-state index contributed by atoms with van der Waals surface area (Å²) in [5.41, 5.74) is 7.13. The van der Waals surface area contributed by atoms with Crippen molar-refractivity contribution in [1.82, 2.24) is 10.2 Å². The summed E-state index contributed by atoms with van der Waals surface area (Å²) in [5.74, 6) is 1.17. The molecular formula is C20H16ClN3O3. The Morgan fingerprint density at radius 3 is 2.67 bits per heavy atom. The van der Waals surface area contributed by atoms with Gasteiger partial charge in [-0.05, 0) is 28.5 Å². The molecule has 0 fully saturated rings. The van der Waals surface area contributed by atoms with Crippen molar-refractivity contribution in [3.8, 4) is 23.0 Å². The van der Waals surface area contributed by atoms with E-state index in [1.807, 2.05) is 24.3 Å². The first-order chi connectivity index (χ1) is 13.2. The third-order valence-corrected chi connectivity index (χ3v) is 4.45. The molecule has 7 heteroatoms. The topological polar surface area (TPSA) is 83.4 Å². The molecule has 4 rings (SSSR count). The van der Waals surface area contributed by atoms with Crippen LogP contribution >= 0.6 is 11.6 Å². The lowest BCUT2D eigenvalue weighted by Gasteiger charge is -2.14. The highest BCUT2D eigenvalue weighted by molar-refractivity contribution is 6.32. The first-order valence-corrected chi connectivity index (χ1v) is 8.60. The van der Waals surface area contributed by atoms with Gasteiger partial charge in [-0.15, -0.1) is 5.10 Å². The molecular weight excluding hydrogens is 366 g/mol. The van der Waals surface area contributed by atoms with Crippen LogP contribution in [0.25, 0.3) is 22.2 Å². The number of hydrogen-bond donors (Lipinski definition) is 1. The number of rotatable bonds is 5. The monoisotopic (exact) mass is 381 g/mol. The number of fused-ring (bicyclic) bond motifs is 1. The van der Waals surface area contributed by atoms with Crippen molar-refractivity contribution in [3.05, 3.63) is 65.2 Å². The molecule has 0 bridgehead atoms. The molecule has 0 saturated heterocycles. The summed E-state index contributed by atoms with van der Waals surface area (Å²) < 4.78 is 16.7. The highest BCUT2D eigenvalue weighted by Gasteiger charge is 2.16. The summed E-state index contributed by atoms with van der Waals surface area (Å²) in [6, 6.07) is 17.6. The molecule has 0 saturated carbocycles. The number of nitrogens with zero attached hydrogens (tertiary/aromatic N) is 2. The number of benzene rings is 3. The summed E-state index contributed by atoms with van der Waals surface area (Å²) >= 11 is 6.43. The van der Waals surface area contributed by atoms with Gasteiger partial charge in [0.05, 0.1) is 12.1 Å². The minimum atomic E-state index is -0.0172. The van der Waals surface area contributed by atoms with E-state index in [0.717, 1.165) is 16.3 Å². The van der Waals surface area contributed by atoms with Crippen molar-refractivity contribution in [1.29, 1.82) is 0 Å². The van der Waals surface area contributed by atoms with E-state index in [4.69, 9.17) is 31.2 Å². The number of anilines is 1. The molecule has 27 heavy (non-hydrogen) atoms. The third kappa shape index (κ3) is 3.39. The summed E-state index contributed by atoms with van der Waals surface area (Å²) in [6.45, 7) is 0.351. The van der Waals surface area contributed by atoms with Crippen LogP contribution in [0.4, 0.5) is 6.01 Å². The van der Waals surface area contributed by atoms with Crippen molar-refractivity contribution in [2.45, 2.75) is 6.61 Å². The lowest BCUT2D eigenvalue weighted by Crippen LogP contribution is -1.99. The Morgan fingerprint density at radius 1 is 1.07 bits per heavy atom. The van der Waals surface area contributed by atoms with Gasteiger partial charge in [0.25, 0.3) is 0 Å². The molecule has 4 aromatic rings. The first-order valence-electron chi connectivity index (χ1n) is 8.22. The fourth-order valence-electron chi connectivity index (χ4n) is 2.90. The van der Waals surface area contributed by atoms with Gasteiger partial charge in [0.15, 0.2) is 11.5 Å². The van der Waals surface area contributed by atoms with Crippen LogP contribution < -0.4 is 15.2 Å². The van der Waals surface area contributed by atoms with E-state index < -0.39 is 0 Å². The number of hydrogen-bond acceptors (Lipinski definition) is 6. The Labute approximate surface area is 160 Å². The van der Waals surface area contributed by atoms with Crippen LogP contribution in [0.1, 0.15) is 5.56 Å². The van der Waals surface area contributed by atoms with Gasteiger partial charge in [-0.1, -0.05) is 59.2 Å². The van der Waals surface area contributed by atoms with E-state index in [2.05, 4.69) is 28.4 Å². The fourth-order valence-corrected chi connectivity index (χ4v) is 3.17. The van der Waals surface area contributed by atoms with Gasteiger partial charge in [-0.25, -0.2) is 0 Å². The van der Waals surface area contributed by atoms with Crippen LogP contribution in [0.3, 0.4) is 0 Å². The zero-order valence-electron chi connectivity index (χ0n) is 14.5. The van der Waals surface area contributed by atoms with Crippen LogP contribution in [0.15, 0.2) is 59.0 Å². The molecule has 0 atom stereocenters. The maximum absolute atomic E-state index is 6.43. The molecule has 0 aliphatic carbocycles. The Kier molecular flexibility index (Phi) is 4.56. The smallest absolute Gasteiger partial charge is 0.313 e. The standard InChI is InChI=1S/C20H16ClN3O3/c1-25-17-10-14(19-23-24-20(22)27-19)9-16(21)18(17)26-11-13-7-4-6-12-5-2-3-8-15(12)13/h2-10H,11H2,1H3,(H2,22,24). The second-order valence-corrected chi connectivity index (χ2v) is 6.27. The molecule has 0 radical (unpaired) electrons. The Balaban J connectivity index is 1.65. The van der Waals surface area contributed by atoms with Gasteiger partial charge in [0.1, 0.15) is 6.61 Å². The second-order valence-electron chi connectivity index (χ2n) is 5.86. The molecule has 0 aliphatic rings. The van der Waals surface area contributed by atoms with Gasteiger partial charge in [0, 0.05) is 5.56 Å². The Hall–Kier alpha value is -3.25. The zero-order valence-corrected chi connectivity index (χ0v) is 15.2. The number of aromatic nitrogens is 2. The van der Waals surface area contributed by atoms with E-state index >= 15 is 0 Å². The van der Waals surface area contributed by atoms with Gasteiger partial charge >= 0.3 is 6.01 Å². The largest absolute Gasteiger partial charge is 0.493 e. The van der Waals surface area contributed by atoms with Gasteiger partial charge in [-0.3, -0.25) is 0 Å². The van der Waals surface area contributed by atoms with Crippen molar-refractivity contribution in [2.24, 2.45) is 0 Å². The van der Waals surface area contributed by atoms with Crippen LogP contribution in [-0.4, -0.2) is 17.3 Å². The maximum Gasteiger partial charge on any atom is 0.313 e. The van der Waals surface area contributed by atoms with Crippen LogP contribution in [0.5, 0.6) is 11.5 Å². The summed E-state index contributed by atoms with van der Waals surface area (Å²) in [5, 5.41) is 10.2. The Bertz CT molecular complexity index is 1110. The van der Waals surface area contributed by atoms with E-state index in [-0.39, 0.29) is 11.9 Å². The van der Waals surface area contributed by atoms with Gasteiger partial charge in [0.2, 0.25) is 5.89 Å². The SMILES string of the molecule is COc1cc(-c2nnc(N)o2)cc(Cl)c1OCc1cccc2ccccc12. The molecule has 136 valence electrons. The van der Waals surface area contributed by atoms with Crippen LogP contribution in [-0.2, 0) is 6.61 Å². The number of nitrogen functional groups attached to an aromatic ring is 1. The summed E-state index contributed by atoms with van der Waals surface area (Å²) in [4.78, 5) is 0. The first kappa shape index (κ1) is 17.2. The molecule has 1 heterocycles. The third-order valence-electron chi connectivity index (χ3n) is 4.17. The second kappa shape index (κ2) is 7.17. The molecule has 0 unspecified atom stereocenters. The highest BCUT2D eigenvalue weighted by Crippen LogP contribution is 2.40. The molecule has 3 aromatic carbocycles. The Morgan fingerprint density at radius 2 is 1.89 bits per heavy atom. The number of nitrogens with two attached hydrogens (primary N) is 1. The average Bonchev–Trinajstić information content (AvgIpc) is 3.13. The molecule has 6 nitrogen and oxygen atoms in total. The molecule has 0 spiro atoms. The molecule has 0 aliphatic heterocycles. The predicted octanol–water partition coefficient (Wildman–Crippen LogP) is 4.71. The maximum atomic E-state index is 6.43. The molecule has 0 amide bonds. The highest BCUT2D eigenvalue weighted by atomic mass is 35.5. The average molecular weight is 382 g/mol. The van der Waals surface area contributed by atoms with Crippen molar-refractivity contribution < 1.29 is 13.9 Å². The van der Waals surface area contributed by atoms with Crippen molar-refractivity contribution >= 4 is 28.4 Å². The van der Waals surface area contributed by atoms with Crippen LogP contribution in [0.2, 0.25) is 5.02 Å². The lowest BCUT2D eigenvalue weighted by atomic mass is 10.1. The van der Waals surface area contributed by atoms with E-state index in [1.165, 1.54) is 0 Å². The van der Waals surface area contributed by atoms with E-state index in [9.17, 15) is 0 Å². The van der Waals surface area contributed by atoms with Gasteiger partial charge in [-0.2, -0.15) is 0 Å². The molecule has 2 N–H and O–H groups in total. The number of halogens is 1. The fraction of sp³-hybridized carbons (Fsp3) is 0.100. The quantitative estimate of drug-likeness (QED) is 0.538. The van der Waals surface area contributed by atoms with Crippen molar-refractivity contribution in [2.75, 3.05) is 12.8 Å². The zero-order chi connectivity index (χ0) is 18.8. The van der Waals surface area contributed by atoms with E-state index in [1.54, 1.807) is 19.2 Å².